The fraction of sp³-hybridized carbons (Fsp3) is 0.273. The fourth-order valence-electron chi connectivity index (χ4n) is 3.48. The van der Waals surface area contributed by atoms with Gasteiger partial charge in [0.1, 0.15) is 11.7 Å². The van der Waals surface area contributed by atoms with Gasteiger partial charge in [0, 0.05) is 22.7 Å². The number of nitrogens with two attached hydrogens (primary N) is 1. The third-order valence-electron chi connectivity index (χ3n) is 5.00. The van der Waals surface area contributed by atoms with Crippen LogP contribution in [0.25, 0.3) is 0 Å². The topological polar surface area (TPSA) is 122 Å². The quantitative estimate of drug-likeness (QED) is 0.383. The van der Waals surface area contributed by atoms with Crippen molar-refractivity contribution < 1.29 is 23.5 Å². The number of amides is 1. The van der Waals surface area contributed by atoms with Crippen LogP contribution < -0.4 is 11.1 Å². The number of carbonyl (C=O) groups is 3. The maximum absolute atomic E-state index is 14.2. The smallest absolute Gasteiger partial charge is 0.306 e. The third-order valence-corrected chi connectivity index (χ3v) is 5.00. The number of hydrogen-bond acceptors (Lipinski definition) is 5. The number of amidine groups is 1. The lowest BCUT2D eigenvalue weighted by atomic mass is 9.81. The van der Waals surface area contributed by atoms with Gasteiger partial charge in [-0.15, -0.1) is 0 Å². The fourth-order valence-corrected chi connectivity index (χ4v) is 3.48. The van der Waals surface area contributed by atoms with Crippen molar-refractivity contribution in [3.63, 3.8) is 0 Å². The highest BCUT2D eigenvalue weighted by molar-refractivity contribution is 6.06. The van der Waals surface area contributed by atoms with Crippen molar-refractivity contribution in [2.45, 2.75) is 26.2 Å². The predicted octanol–water partition coefficient (Wildman–Crippen LogP) is 3.06. The van der Waals surface area contributed by atoms with E-state index in [1.54, 1.807) is 25.1 Å². The van der Waals surface area contributed by atoms with Crippen LogP contribution in [0.1, 0.15) is 51.6 Å². The van der Waals surface area contributed by atoms with Crippen molar-refractivity contribution in [3.05, 3.63) is 64.5 Å². The van der Waals surface area contributed by atoms with Gasteiger partial charge in [0.05, 0.1) is 18.6 Å². The van der Waals surface area contributed by atoms with E-state index in [0.29, 0.717) is 24.1 Å². The van der Waals surface area contributed by atoms with Crippen LogP contribution in [-0.2, 0) is 16.0 Å². The number of anilines is 1. The van der Waals surface area contributed by atoms with Crippen molar-refractivity contribution in [2.75, 3.05) is 11.9 Å². The lowest BCUT2D eigenvalue weighted by Crippen LogP contribution is -2.26. The lowest BCUT2D eigenvalue weighted by molar-refractivity contribution is -0.144. The second-order valence-corrected chi connectivity index (χ2v) is 7.04. The van der Waals surface area contributed by atoms with Crippen LogP contribution in [0.15, 0.2) is 36.4 Å². The third kappa shape index (κ3) is 4.53. The first-order valence-corrected chi connectivity index (χ1v) is 9.58. The van der Waals surface area contributed by atoms with E-state index in [2.05, 4.69) is 5.32 Å². The Kier molecular flexibility index (Phi) is 6.25. The van der Waals surface area contributed by atoms with Crippen LogP contribution in [0.4, 0.5) is 10.1 Å². The summed E-state index contributed by atoms with van der Waals surface area (Å²) in [7, 11) is 0. The summed E-state index contributed by atoms with van der Waals surface area (Å²) < 4.78 is 19.1. The number of nitrogen functional groups attached to an aromatic ring is 1. The molecular weight excluding hydrogens is 389 g/mol. The lowest BCUT2D eigenvalue weighted by Gasteiger charge is -2.23. The highest BCUT2D eigenvalue weighted by atomic mass is 19.1. The molecule has 30 heavy (non-hydrogen) atoms. The zero-order chi connectivity index (χ0) is 21.8. The number of aryl methyl sites for hydroxylation is 1. The summed E-state index contributed by atoms with van der Waals surface area (Å²) in [5.74, 6) is -2.64. The molecule has 0 saturated heterocycles. The molecule has 1 aliphatic carbocycles. The number of halogens is 1. The zero-order valence-electron chi connectivity index (χ0n) is 16.5. The Labute approximate surface area is 172 Å². The summed E-state index contributed by atoms with van der Waals surface area (Å²) in [4.78, 5) is 36.8. The molecule has 0 bridgehead atoms. The van der Waals surface area contributed by atoms with Gasteiger partial charge in [-0.3, -0.25) is 19.8 Å². The Hall–Kier alpha value is -3.55. The van der Waals surface area contributed by atoms with Gasteiger partial charge in [0.15, 0.2) is 5.78 Å². The predicted molar refractivity (Wildman–Crippen MR) is 109 cm³/mol. The molecule has 0 saturated carbocycles. The summed E-state index contributed by atoms with van der Waals surface area (Å²) >= 11 is 0. The molecule has 0 aromatic heterocycles. The van der Waals surface area contributed by atoms with E-state index in [0.717, 1.165) is 11.6 Å². The van der Waals surface area contributed by atoms with Crippen LogP contribution in [0.3, 0.4) is 0 Å². The number of rotatable bonds is 6. The Morgan fingerprint density at radius 3 is 2.70 bits per heavy atom. The number of benzene rings is 2. The normalized spacial score (nSPS) is 15.3. The summed E-state index contributed by atoms with van der Waals surface area (Å²) in [6.45, 7) is 1.99. The molecule has 0 heterocycles. The van der Waals surface area contributed by atoms with E-state index in [1.165, 1.54) is 12.1 Å². The molecule has 0 spiro atoms. The zero-order valence-corrected chi connectivity index (χ0v) is 16.5. The number of nitrogens with one attached hydrogen (secondary N) is 2. The molecule has 4 N–H and O–H groups in total. The summed E-state index contributed by atoms with van der Waals surface area (Å²) in [6.07, 6.45) is 1.15. The first-order valence-electron chi connectivity index (χ1n) is 9.58. The molecule has 7 nitrogen and oxygen atoms in total. The van der Waals surface area contributed by atoms with Gasteiger partial charge in [0.25, 0.3) is 5.91 Å². The number of ether oxygens (including phenoxy) is 1. The molecule has 3 rings (SSSR count). The first kappa shape index (κ1) is 21.2. The Morgan fingerprint density at radius 2 is 2.03 bits per heavy atom. The number of fused-ring (bicyclic) bond motifs is 1. The monoisotopic (exact) mass is 411 g/mol. The van der Waals surface area contributed by atoms with Gasteiger partial charge in [-0.1, -0.05) is 6.07 Å². The van der Waals surface area contributed by atoms with Gasteiger partial charge in [-0.05, 0) is 55.7 Å². The molecule has 0 radical (unpaired) electrons. The number of hydrogen-bond donors (Lipinski definition) is 3. The largest absolute Gasteiger partial charge is 0.466 e. The van der Waals surface area contributed by atoms with E-state index in [4.69, 9.17) is 15.9 Å². The SMILES string of the molecule is CCOC(=O)CC1CCc2cc(NC(=O)c3ccc(C(=N)N)cc3F)ccc2C1=O. The standard InChI is InChI=1S/C22H22FN3O4/c1-2-30-19(27)11-13-4-3-12-9-15(6-8-16(12)20(13)28)26-22(29)17-7-5-14(21(24)25)10-18(17)23/h5-10,13H,2-4,11H2,1H3,(H3,24,25)(H,26,29). The Bertz CT molecular complexity index is 1040. The van der Waals surface area contributed by atoms with Gasteiger partial charge >= 0.3 is 5.97 Å². The first-order chi connectivity index (χ1) is 14.3. The van der Waals surface area contributed by atoms with Crippen LogP contribution >= 0.6 is 0 Å². The molecule has 2 aromatic carbocycles. The average molecular weight is 411 g/mol. The maximum Gasteiger partial charge on any atom is 0.306 e. The van der Waals surface area contributed by atoms with Crippen molar-refractivity contribution >= 4 is 29.2 Å². The highest BCUT2D eigenvalue weighted by Gasteiger charge is 2.29. The molecule has 8 heteroatoms. The van der Waals surface area contributed by atoms with Crippen molar-refractivity contribution in [1.82, 2.24) is 0 Å². The number of carbonyl (C=O) groups excluding carboxylic acids is 3. The van der Waals surface area contributed by atoms with E-state index in [9.17, 15) is 18.8 Å². The molecule has 1 amide bonds. The van der Waals surface area contributed by atoms with Crippen LogP contribution in [-0.4, -0.2) is 30.1 Å². The maximum atomic E-state index is 14.2. The molecule has 156 valence electrons. The summed E-state index contributed by atoms with van der Waals surface area (Å²) in [6, 6.07) is 8.57. The van der Waals surface area contributed by atoms with Crippen LogP contribution in [0.5, 0.6) is 0 Å². The van der Waals surface area contributed by atoms with Crippen molar-refractivity contribution in [2.24, 2.45) is 11.7 Å². The Morgan fingerprint density at radius 1 is 1.27 bits per heavy atom. The molecular formula is C22H22FN3O4. The second kappa shape index (κ2) is 8.86. The highest BCUT2D eigenvalue weighted by Crippen LogP contribution is 2.30. The van der Waals surface area contributed by atoms with Crippen LogP contribution in [0, 0.1) is 17.1 Å². The number of Topliss-reactive ketones (excluding diaryl/α,β-unsaturated/α-hetero) is 1. The van der Waals surface area contributed by atoms with Crippen LogP contribution in [0.2, 0.25) is 0 Å². The van der Waals surface area contributed by atoms with Gasteiger partial charge in [-0.2, -0.15) is 0 Å². The minimum atomic E-state index is -0.782. The average Bonchev–Trinajstić information content (AvgIpc) is 2.70. The molecule has 0 aliphatic heterocycles. The molecule has 1 aliphatic rings. The van der Waals surface area contributed by atoms with E-state index in [1.807, 2.05) is 0 Å². The van der Waals surface area contributed by atoms with Gasteiger partial charge in [-0.25, -0.2) is 4.39 Å². The van der Waals surface area contributed by atoms with E-state index >= 15 is 0 Å². The number of ketones is 1. The van der Waals surface area contributed by atoms with Gasteiger partial charge in [0.2, 0.25) is 0 Å². The molecule has 1 unspecified atom stereocenters. The Balaban J connectivity index is 1.73. The number of esters is 1. The molecule has 0 fully saturated rings. The minimum Gasteiger partial charge on any atom is -0.466 e. The van der Waals surface area contributed by atoms with Crippen molar-refractivity contribution in [3.8, 4) is 0 Å². The van der Waals surface area contributed by atoms with E-state index in [-0.39, 0.29) is 41.7 Å². The van der Waals surface area contributed by atoms with Crippen molar-refractivity contribution in [1.29, 1.82) is 5.41 Å². The van der Waals surface area contributed by atoms with E-state index < -0.39 is 17.6 Å². The minimum absolute atomic E-state index is 0.0557. The second-order valence-electron chi connectivity index (χ2n) is 7.04. The summed E-state index contributed by atoms with van der Waals surface area (Å²) in [5.41, 5.74) is 7.06. The molecule has 1 atom stereocenters. The van der Waals surface area contributed by atoms with Gasteiger partial charge < -0.3 is 15.8 Å². The summed E-state index contributed by atoms with van der Waals surface area (Å²) in [5, 5.41) is 9.95. The molecule has 2 aromatic rings.